The molecule has 0 atom stereocenters. The number of hydrogen-bond acceptors (Lipinski definition) is 3. The van der Waals surface area contributed by atoms with Crippen LogP contribution in [0.1, 0.15) is 78.1 Å². The molecular formula is C28H35N3O2. The standard InChI is InChI=1S/C26H29N3O2.C2H6/c30-25-21-9-2-3-10-22(21)26(31)29(25)15-7-1-6-14-28-16-12-19(13-17-28)23-18-27-24-11-5-4-8-20(23)24;1-2/h2-5,8-11,18-19,27H,1,6-7,12-17H2;1-2H3. The van der Waals surface area contributed by atoms with Gasteiger partial charge >= 0.3 is 0 Å². The average Bonchev–Trinajstić information content (AvgIpc) is 3.41. The molecule has 33 heavy (non-hydrogen) atoms. The number of benzene rings is 2. The molecule has 1 N–H and O–H groups in total. The molecule has 0 aliphatic carbocycles. The Morgan fingerprint density at radius 2 is 1.42 bits per heavy atom. The molecule has 2 aliphatic rings. The van der Waals surface area contributed by atoms with Gasteiger partial charge in [0, 0.05) is 23.6 Å². The Balaban J connectivity index is 0.00000126. The Morgan fingerprint density at radius 1 is 0.818 bits per heavy atom. The fourth-order valence-corrected chi connectivity index (χ4v) is 5.12. The lowest BCUT2D eigenvalue weighted by Gasteiger charge is -2.32. The first-order valence-electron chi connectivity index (χ1n) is 12.5. The zero-order valence-electron chi connectivity index (χ0n) is 19.8. The van der Waals surface area contributed by atoms with Crippen LogP contribution in [-0.2, 0) is 0 Å². The molecule has 0 unspecified atom stereocenters. The highest BCUT2D eigenvalue weighted by Crippen LogP contribution is 2.33. The monoisotopic (exact) mass is 445 g/mol. The van der Waals surface area contributed by atoms with Crippen LogP contribution >= 0.6 is 0 Å². The van der Waals surface area contributed by atoms with Crippen molar-refractivity contribution in [2.75, 3.05) is 26.2 Å². The summed E-state index contributed by atoms with van der Waals surface area (Å²) < 4.78 is 0. The van der Waals surface area contributed by atoms with E-state index in [2.05, 4.69) is 40.3 Å². The van der Waals surface area contributed by atoms with Crippen LogP contribution in [0.4, 0.5) is 0 Å². The van der Waals surface area contributed by atoms with Gasteiger partial charge in [0.05, 0.1) is 11.1 Å². The Kier molecular flexibility index (Phi) is 7.61. The van der Waals surface area contributed by atoms with Crippen LogP contribution in [0.2, 0.25) is 0 Å². The second kappa shape index (κ2) is 10.8. The van der Waals surface area contributed by atoms with E-state index >= 15 is 0 Å². The summed E-state index contributed by atoms with van der Waals surface area (Å²) in [7, 11) is 0. The molecule has 5 nitrogen and oxygen atoms in total. The van der Waals surface area contributed by atoms with Crippen LogP contribution in [0.15, 0.2) is 54.7 Å². The number of piperidine rings is 1. The van der Waals surface area contributed by atoms with Gasteiger partial charge in [-0.25, -0.2) is 0 Å². The minimum Gasteiger partial charge on any atom is -0.361 e. The van der Waals surface area contributed by atoms with E-state index in [0.717, 1.165) is 38.9 Å². The third kappa shape index (κ3) is 4.88. The molecule has 174 valence electrons. The first kappa shape index (κ1) is 23.2. The number of carbonyl (C=O) groups excluding carboxylic acids is 2. The van der Waals surface area contributed by atoms with Crippen molar-refractivity contribution in [1.82, 2.24) is 14.8 Å². The van der Waals surface area contributed by atoms with Crippen LogP contribution in [-0.4, -0.2) is 52.8 Å². The third-order valence-corrected chi connectivity index (χ3v) is 6.88. The second-order valence-corrected chi connectivity index (χ2v) is 8.77. The van der Waals surface area contributed by atoms with E-state index in [-0.39, 0.29) is 11.8 Å². The number of nitrogens with zero attached hydrogens (tertiary/aromatic N) is 2. The average molecular weight is 446 g/mol. The number of amides is 2. The zero-order chi connectivity index (χ0) is 23.2. The number of H-pyrrole nitrogens is 1. The van der Waals surface area contributed by atoms with E-state index in [9.17, 15) is 9.59 Å². The Labute approximate surface area is 196 Å². The number of para-hydroxylation sites is 1. The molecule has 2 aliphatic heterocycles. The summed E-state index contributed by atoms with van der Waals surface area (Å²) in [6.07, 6.45) is 7.63. The molecule has 0 radical (unpaired) electrons. The summed E-state index contributed by atoms with van der Waals surface area (Å²) in [6.45, 7) is 7.91. The molecule has 0 bridgehead atoms. The van der Waals surface area contributed by atoms with Gasteiger partial charge in [0.2, 0.25) is 0 Å². The molecule has 3 aromatic rings. The first-order chi connectivity index (χ1) is 16.2. The number of nitrogens with one attached hydrogen (secondary N) is 1. The molecule has 1 fully saturated rings. The molecule has 3 heterocycles. The van der Waals surface area contributed by atoms with Crippen molar-refractivity contribution >= 4 is 22.7 Å². The quantitative estimate of drug-likeness (QED) is 0.367. The summed E-state index contributed by atoms with van der Waals surface area (Å²) in [5.41, 5.74) is 3.80. The van der Waals surface area contributed by atoms with Crippen molar-refractivity contribution in [1.29, 1.82) is 0 Å². The molecule has 2 amide bonds. The molecule has 5 rings (SSSR count). The van der Waals surface area contributed by atoms with Crippen molar-refractivity contribution < 1.29 is 9.59 Å². The van der Waals surface area contributed by atoms with Gasteiger partial charge in [-0.1, -0.05) is 50.6 Å². The SMILES string of the molecule is CC.O=C1c2ccccc2C(=O)N1CCCCCN1CCC(c2c[nH]c3ccccc23)CC1. The van der Waals surface area contributed by atoms with E-state index < -0.39 is 0 Å². The van der Waals surface area contributed by atoms with Crippen molar-refractivity contribution in [3.8, 4) is 0 Å². The topological polar surface area (TPSA) is 56.4 Å². The number of likely N-dealkylation sites (tertiary alicyclic amines) is 1. The highest BCUT2D eigenvalue weighted by molar-refractivity contribution is 6.21. The summed E-state index contributed by atoms with van der Waals surface area (Å²) in [6, 6.07) is 15.7. The van der Waals surface area contributed by atoms with E-state index in [4.69, 9.17) is 0 Å². The van der Waals surface area contributed by atoms with Crippen LogP contribution in [0, 0.1) is 0 Å². The van der Waals surface area contributed by atoms with Gasteiger partial charge in [-0.15, -0.1) is 0 Å². The maximum atomic E-state index is 12.4. The minimum atomic E-state index is -0.139. The van der Waals surface area contributed by atoms with Gasteiger partial charge in [0.15, 0.2) is 0 Å². The van der Waals surface area contributed by atoms with E-state index in [0.29, 0.717) is 23.6 Å². The summed E-state index contributed by atoms with van der Waals surface area (Å²) in [4.78, 5) is 32.2. The maximum absolute atomic E-state index is 12.4. The van der Waals surface area contributed by atoms with Crippen molar-refractivity contribution in [3.63, 3.8) is 0 Å². The number of hydrogen-bond donors (Lipinski definition) is 1. The van der Waals surface area contributed by atoms with E-state index in [1.54, 1.807) is 12.1 Å². The molecular weight excluding hydrogens is 410 g/mol. The third-order valence-electron chi connectivity index (χ3n) is 6.88. The Bertz CT molecular complexity index is 1060. The van der Waals surface area contributed by atoms with Crippen LogP contribution in [0.25, 0.3) is 10.9 Å². The smallest absolute Gasteiger partial charge is 0.261 e. The lowest BCUT2D eigenvalue weighted by atomic mass is 9.89. The largest absolute Gasteiger partial charge is 0.361 e. The first-order valence-corrected chi connectivity index (χ1v) is 12.5. The normalized spacial score (nSPS) is 16.7. The van der Waals surface area contributed by atoms with Crippen molar-refractivity contribution in [3.05, 3.63) is 71.4 Å². The Hall–Kier alpha value is -2.92. The fraction of sp³-hybridized carbons (Fsp3) is 0.429. The number of unbranched alkanes of at least 4 members (excludes halogenated alkanes) is 2. The molecule has 1 saturated heterocycles. The number of carbonyl (C=O) groups is 2. The summed E-state index contributed by atoms with van der Waals surface area (Å²) in [5, 5.41) is 1.37. The van der Waals surface area contributed by atoms with E-state index in [1.165, 1.54) is 34.2 Å². The van der Waals surface area contributed by atoms with Crippen LogP contribution in [0.5, 0.6) is 0 Å². The highest BCUT2D eigenvalue weighted by atomic mass is 16.2. The maximum Gasteiger partial charge on any atom is 0.261 e. The number of rotatable bonds is 7. The second-order valence-electron chi connectivity index (χ2n) is 8.77. The van der Waals surface area contributed by atoms with Gasteiger partial charge in [0.1, 0.15) is 0 Å². The lowest BCUT2D eigenvalue weighted by molar-refractivity contribution is 0.0651. The van der Waals surface area contributed by atoms with Crippen LogP contribution < -0.4 is 0 Å². The minimum absolute atomic E-state index is 0.139. The van der Waals surface area contributed by atoms with Gasteiger partial charge in [-0.2, -0.15) is 0 Å². The molecule has 2 aromatic carbocycles. The number of aromatic amines is 1. The molecule has 5 heteroatoms. The van der Waals surface area contributed by atoms with E-state index in [1.807, 2.05) is 26.0 Å². The molecule has 0 saturated carbocycles. The van der Waals surface area contributed by atoms with Crippen molar-refractivity contribution in [2.45, 2.75) is 51.9 Å². The zero-order valence-corrected chi connectivity index (χ0v) is 19.8. The summed E-state index contributed by atoms with van der Waals surface area (Å²) in [5.74, 6) is 0.362. The number of fused-ring (bicyclic) bond motifs is 2. The fourth-order valence-electron chi connectivity index (χ4n) is 5.12. The van der Waals surface area contributed by atoms with Gasteiger partial charge < -0.3 is 9.88 Å². The summed E-state index contributed by atoms with van der Waals surface area (Å²) >= 11 is 0. The van der Waals surface area contributed by atoms with Crippen molar-refractivity contribution in [2.24, 2.45) is 0 Å². The van der Waals surface area contributed by atoms with Gasteiger partial charge in [-0.3, -0.25) is 14.5 Å². The van der Waals surface area contributed by atoms with Crippen LogP contribution in [0.3, 0.4) is 0 Å². The number of aromatic nitrogens is 1. The lowest BCUT2D eigenvalue weighted by Crippen LogP contribution is -2.34. The van der Waals surface area contributed by atoms with Gasteiger partial charge in [0.25, 0.3) is 11.8 Å². The highest BCUT2D eigenvalue weighted by Gasteiger charge is 2.34. The molecule has 1 aromatic heterocycles. The predicted octanol–water partition coefficient (Wildman–Crippen LogP) is 5.84. The Morgan fingerprint density at radius 3 is 2.12 bits per heavy atom. The van der Waals surface area contributed by atoms with Gasteiger partial charge in [-0.05, 0) is 75.0 Å². The number of imide groups is 1. The predicted molar refractivity (Wildman–Crippen MR) is 134 cm³/mol. The molecule has 0 spiro atoms.